The van der Waals surface area contributed by atoms with E-state index in [-0.39, 0.29) is 5.25 Å². The highest BCUT2D eigenvalue weighted by Gasteiger charge is 2.34. The Hall–Kier alpha value is -0.240. The van der Waals surface area contributed by atoms with Gasteiger partial charge in [0.1, 0.15) is 5.78 Å². The van der Waals surface area contributed by atoms with E-state index in [0.717, 1.165) is 0 Å². The van der Waals surface area contributed by atoms with Crippen LogP contribution in [0, 0.1) is 5.92 Å². The largest absolute Gasteiger partial charge is 0.299 e. The fraction of sp³-hybridized carbons (Fsp3) is 0.667. The Labute approximate surface area is 71.2 Å². The average Bonchev–Trinajstić information content (AvgIpc) is 2.06. The molecule has 3 aliphatic rings. The van der Waals surface area contributed by atoms with Gasteiger partial charge in [0.25, 0.3) is 0 Å². The maximum atomic E-state index is 11.1. The lowest BCUT2D eigenvalue weighted by Gasteiger charge is -2.35. The zero-order valence-corrected chi connectivity index (χ0v) is 7.43. The molecule has 0 aromatic rings. The van der Waals surface area contributed by atoms with Crippen molar-refractivity contribution < 1.29 is 4.79 Å². The summed E-state index contributed by atoms with van der Waals surface area (Å²) in [4.78, 5) is 11.1. The summed E-state index contributed by atoms with van der Waals surface area (Å²) in [5.74, 6) is 0.900. The molecule has 1 saturated heterocycles. The van der Waals surface area contributed by atoms with Gasteiger partial charge in [-0.1, -0.05) is 12.2 Å². The highest BCUT2D eigenvalue weighted by molar-refractivity contribution is 8.01. The van der Waals surface area contributed by atoms with Crippen LogP contribution in [0.1, 0.15) is 19.8 Å². The van der Waals surface area contributed by atoms with Gasteiger partial charge in [-0.25, -0.2) is 0 Å². The zero-order valence-electron chi connectivity index (χ0n) is 6.62. The Morgan fingerprint density at radius 1 is 1.45 bits per heavy atom. The fourth-order valence-electron chi connectivity index (χ4n) is 1.87. The highest BCUT2D eigenvalue weighted by atomic mass is 32.2. The highest BCUT2D eigenvalue weighted by Crippen LogP contribution is 2.41. The summed E-state index contributed by atoms with van der Waals surface area (Å²) in [6.45, 7) is 1.71. The number of ketones is 1. The molecule has 2 aliphatic heterocycles. The molecular formula is C9H12OS. The van der Waals surface area contributed by atoms with Gasteiger partial charge < -0.3 is 0 Å². The number of fused-ring (bicyclic) bond motifs is 2. The maximum Gasteiger partial charge on any atom is 0.143 e. The third-order valence-electron chi connectivity index (χ3n) is 2.47. The van der Waals surface area contributed by atoms with Crippen molar-refractivity contribution in [2.75, 3.05) is 0 Å². The quantitative estimate of drug-likeness (QED) is 0.557. The molecule has 0 spiro atoms. The lowest BCUT2D eigenvalue weighted by molar-refractivity contribution is -0.117. The second kappa shape index (κ2) is 2.67. The molecular weight excluding hydrogens is 156 g/mol. The van der Waals surface area contributed by atoms with Crippen LogP contribution in [0.25, 0.3) is 0 Å². The number of allylic oxidation sites excluding steroid dienone is 1. The summed E-state index contributed by atoms with van der Waals surface area (Å²) in [6.07, 6.45) is 6.99. The number of Topliss-reactive ketones (excluding diaryl/α,β-unsaturated/α-hetero) is 1. The molecule has 0 amide bonds. The van der Waals surface area contributed by atoms with Gasteiger partial charge >= 0.3 is 0 Å². The van der Waals surface area contributed by atoms with Crippen molar-refractivity contribution >= 4 is 17.5 Å². The van der Waals surface area contributed by atoms with Crippen LogP contribution in [0.15, 0.2) is 12.2 Å². The number of rotatable bonds is 1. The Morgan fingerprint density at radius 2 is 2.27 bits per heavy atom. The third kappa shape index (κ3) is 1.24. The molecule has 0 unspecified atom stereocenters. The zero-order chi connectivity index (χ0) is 7.84. The van der Waals surface area contributed by atoms with Gasteiger partial charge in [0.2, 0.25) is 0 Å². The molecule has 3 atom stereocenters. The molecule has 0 aromatic carbocycles. The number of thioether (sulfide) groups is 1. The Bertz CT molecular complexity index is 210. The third-order valence-corrected chi connectivity index (χ3v) is 4.19. The second-order valence-electron chi connectivity index (χ2n) is 3.33. The van der Waals surface area contributed by atoms with E-state index >= 15 is 0 Å². The summed E-state index contributed by atoms with van der Waals surface area (Å²) in [7, 11) is 0. The number of carbonyl (C=O) groups excluding carboxylic acids is 1. The molecule has 11 heavy (non-hydrogen) atoms. The van der Waals surface area contributed by atoms with Crippen LogP contribution >= 0.6 is 11.8 Å². The van der Waals surface area contributed by atoms with Gasteiger partial charge in [0.15, 0.2) is 0 Å². The predicted octanol–water partition coefficient (Wildman–Crippen LogP) is 2.03. The first-order valence-electron chi connectivity index (χ1n) is 4.11. The fourth-order valence-corrected chi connectivity index (χ4v) is 3.32. The van der Waals surface area contributed by atoms with E-state index in [0.29, 0.717) is 17.0 Å². The van der Waals surface area contributed by atoms with E-state index in [1.165, 1.54) is 12.8 Å². The SMILES string of the molecule is CC(=O)[C@@H]1S[C@H]2C=C[C@@H]1CC2. The van der Waals surface area contributed by atoms with Crippen LogP contribution < -0.4 is 0 Å². The van der Waals surface area contributed by atoms with Crippen molar-refractivity contribution in [1.82, 2.24) is 0 Å². The Balaban J connectivity index is 2.17. The number of hydrogen-bond donors (Lipinski definition) is 0. The van der Waals surface area contributed by atoms with E-state index in [1.807, 2.05) is 11.8 Å². The standard InChI is InChI=1S/C9H12OS/c1-6(10)9-7-2-4-8(11-9)5-3-7/h2,4,7-9H,3,5H2,1H3/t7-,8+,9+/m1/s1. The summed E-state index contributed by atoms with van der Waals surface area (Å²) in [5.41, 5.74) is 0. The minimum Gasteiger partial charge on any atom is -0.299 e. The summed E-state index contributed by atoms with van der Waals surface area (Å²) >= 11 is 1.85. The molecule has 0 N–H and O–H groups in total. The van der Waals surface area contributed by atoms with Crippen molar-refractivity contribution in [3.05, 3.63) is 12.2 Å². The minimum atomic E-state index is 0.277. The van der Waals surface area contributed by atoms with Gasteiger partial charge in [-0.05, 0) is 25.7 Å². The van der Waals surface area contributed by atoms with Gasteiger partial charge in [-0.3, -0.25) is 4.79 Å². The molecule has 1 nitrogen and oxygen atoms in total. The van der Waals surface area contributed by atoms with E-state index < -0.39 is 0 Å². The Kier molecular flexibility index (Phi) is 1.80. The smallest absolute Gasteiger partial charge is 0.143 e. The molecule has 2 heterocycles. The molecule has 0 saturated carbocycles. The van der Waals surface area contributed by atoms with Crippen molar-refractivity contribution in [3.8, 4) is 0 Å². The van der Waals surface area contributed by atoms with Crippen LogP contribution in [-0.2, 0) is 4.79 Å². The first-order valence-corrected chi connectivity index (χ1v) is 5.06. The molecule has 2 heteroatoms. The van der Waals surface area contributed by atoms with Crippen LogP contribution in [0.3, 0.4) is 0 Å². The molecule has 0 aromatic heterocycles. The lowest BCUT2D eigenvalue weighted by atomic mass is 9.90. The number of carbonyl (C=O) groups is 1. The second-order valence-corrected chi connectivity index (χ2v) is 4.72. The summed E-state index contributed by atoms with van der Waals surface area (Å²) in [5, 5.41) is 0.910. The topological polar surface area (TPSA) is 17.1 Å². The molecule has 0 radical (unpaired) electrons. The molecule has 1 aliphatic carbocycles. The summed E-state index contributed by atoms with van der Waals surface area (Å²) in [6, 6.07) is 0. The normalized spacial score (nSPS) is 41.0. The van der Waals surface area contributed by atoms with Gasteiger partial charge in [-0.15, -0.1) is 11.8 Å². The molecule has 3 rings (SSSR count). The van der Waals surface area contributed by atoms with E-state index in [4.69, 9.17) is 0 Å². The van der Waals surface area contributed by atoms with E-state index in [9.17, 15) is 4.79 Å². The predicted molar refractivity (Wildman–Crippen MR) is 47.7 cm³/mol. The van der Waals surface area contributed by atoms with Crippen molar-refractivity contribution in [3.63, 3.8) is 0 Å². The van der Waals surface area contributed by atoms with Gasteiger partial charge in [0, 0.05) is 5.25 Å². The first-order chi connectivity index (χ1) is 5.27. The van der Waals surface area contributed by atoms with E-state index in [1.54, 1.807) is 6.92 Å². The van der Waals surface area contributed by atoms with Crippen molar-refractivity contribution in [2.24, 2.45) is 5.92 Å². The summed E-state index contributed by atoms with van der Waals surface area (Å²) < 4.78 is 0. The maximum absolute atomic E-state index is 11.1. The minimum absolute atomic E-state index is 0.277. The Morgan fingerprint density at radius 3 is 2.55 bits per heavy atom. The first kappa shape index (κ1) is 7.41. The van der Waals surface area contributed by atoms with Crippen LogP contribution in [0.4, 0.5) is 0 Å². The lowest BCUT2D eigenvalue weighted by Crippen LogP contribution is -2.33. The van der Waals surface area contributed by atoms with Crippen LogP contribution in [-0.4, -0.2) is 16.3 Å². The number of hydrogen-bond acceptors (Lipinski definition) is 2. The van der Waals surface area contributed by atoms with Gasteiger partial charge in [-0.2, -0.15) is 0 Å². The van der Waals surface area contributed by atoms with E-state index in [2.05, 4.69) is 12.2 Å². The monoisotopic (exact) mass is 168 g/mol. The van der Waals surface area contributed by atoms with Crippen LogP contribution in [0.2, 0.25) is 0 Å². The molecule has 60 valence electrons. The molecule has 2 bridgehead atoms. The average molecular weight is 168 g/mol. The molecule has 1 fully saturated rings. The van der Waals surface area contributed by atoms with Gasteiger partial charge in [0.05, 0.1) is 5.25 Å². The van der Waals surface area contributed by atoms with Crippen molar-refractivity contribution in [2.45, 2.75) is 30.3 Å². The van der Waals surface area contributed by atoms with Crippen molar-refractivity contribution in [1.29, 1.82) is 0 Å². The van der Waals surface area contributed by atoms with Crippen LogP contribution in [0.5, 0.6) is 0 Å².